The van der Waals surface area contributed by atoms with Crippen LogP contribution in [0.2, 0.25) is 5.02 Å². The molecule has 18 heavy (non-hydrogen) atoms. The van der Waals surface area contributed by atoms with Crippen molar-refractivity contribution in [3.8, 4) is 11.4 Å². The Balaban J connectivity index is 2.22. The molecule has 0 fully saturated rings. The standard InChI is InChI=1S/C13H7ClF2N2/c14-8-3-1-2-7(4-8)13-17-11-6-9(15)5-10(16)12(11)18-13/h1-6H,(H,17,18). The van der Waals surface area contributed by atoms with Gasteiger partial charge in [-0.2, -0.15) is 0 Å². The lowest BCUT2D eigenvalue weighted by atomic mass is 10.2. The second kappa shape index (κ2) is 4.07. The number of halogens is 3. The number of imidazole rings is 1. The fourth-order valence-electron chi connectivity index (χ4n) is 1.81. The summed E-state index contributed by atoms with van der Waals surface area (Å²) in [6, 6.07) is 9.01. The molecule has 0 aliphatic heterocycles. The third-order valence-electron chi connectivity index (χ3n) is 2.60. The van der Waals surface area contributed by atoms with E-state index in [1.807, 2.05) is 0 Å². The van der Waals surface area contributed by atoms with Gasteiger partial charge in [-0.1, -0.05) is 23.7 Å². The van der Waals surface area contributed by atoms with Crippen LogP contribution in [0.4, 0.5) is 8.78 Å². The molecule has 0 aliphatic rings. The third-order valence-corrected chi connectivity index (χ3v) is 2.84. The van der Waals surface area contributed by atoms with E-state index < -0.39 is 11.6 Å². The van der Waals surface area contributed by atoms with Crippen molar-refractivity contribution in [3.63, 3.8) is 0 Å². The van der Waals surface area contributed by atoms with Gasteiger partial charge in [-0.15, -0.1) is 0 Å². The van der Waals surface area contributed by atoms with Crippen LogP contribution >= 0.6 is 11.6 Å². The monoisotopic (exact) mass is 264 g/mol. The van der Waals surface area contributed by atoms with E-state index >= 15 is 0 Å². The zero-order valence-corrected chi connectivity index (χ0v) is 9.80. The van der Waals surface area contributed by atoms with Crippen LogP contribution in [0.1, 0.15) is 0 Å². The maximum atomic E-state index is 13.5. The molecule has 0 atom stereocenters. The quantitative estimate of drug-likeness (QED) is 0.702. The van der Waals surface area contributed by atoms with Crippen LogP contribution in [-0.4, -0.2) is 9.97 Å². The van der Waals surface area contributed by atoms with Crippen LogP contribution < -0.4 is 0 Å². The van der Waals surface area contributed by atoms with Crippen molar-refractivity contribution in [3.05, 3.63) is 53.1 Å². The number of benzene rings is 2. The van der Waals surface area contributed by atoms with Gasteiger partial charge < -0.3 is 4.98 Å². The summed E-state index contributed by atoms with van der Waals surface area (Å²) in [5.41, 5.74) is 1.16. The molecule has 0 bridgehead atoms. The number of rotatable bonds is 1. The Morgan fingerprint density at radius 3 is 2.72 bits per heavy atom. The van der Waals surface area contributed by atoms with Crippen LogP contribution in [-0.2, 0) is 0 Å². The molecule has 0 amide bonds. The lowest BCUT2D eigenvalue weighted by Gasteiger charge is -1.96. The van der Waals surface area contributed by atoms with Crippen molar-refractivity contribution in [1.29, 1.82) is 0 Å². The summed E-state index contributed by atoms with van der Waals surface area (Å²) in [5.74, 6) is -0.868. The van der Waals surface area contributed by atoms with Gasteiger partial charge in [0.25, 0.3) is 0 Å². The van der Waals surface area contributed by atoms with Crippen molar-refractivity contribution < 1.29 is 8.78 Å². The maximum absolute atomic E-state index is 13.5. The first-order chi connectivity index (χ1) is 8.63. The summed E-state index contributed by atoms with van der Waals surface area (Å²) in [6.07, 6.45) is 0. The third kappa shape index (κ3) is 1.84. The minimum atomic E-state index is -0.686. The molecule has 0 spiro atoms. The first kappa shape index (κ1) is 11.2. The lowest BCUT2D eigenvalue weighted by Crippen LogP contribution is -1.81. The van der Waals surface area contributed by atoms with Gasteiger partial charge in [0.2, 0.25) is 0 Å². The Bertz CT molecular complexity index is 737. The first-order valence-corrected chi connectivity index (χ1v) is 5.62. The van der Waals surface area contributed by atoms with Crippen molar-refractivity contribution >= 4 is 22.6 Å². The highest BCUT2D eigenvalue weighted by Gasteiger charge is 2.11. The maximum Gasteiger partial charge on any atom is 0.153 e. The van der Waals surface area contributed by atoms with Crippen molar-refractivity contribution in [2.75, 3.05) is 0 Å². The van der Waals surface area contributed by atoms with E-state index in [1.54, 1.807) is 24.3 Å². The van der Waals surface area contributed by atoms with Crippen LogP contribution in [0, 0.1) is 11.6 Å². The first-order valence-electron chi connectivity index (χ1n) is 5.24. The van der Waals surface area contributed by atoms with Crippen molar-refractivity contribution in [1.82, 2.24) is 9.97 Å². The molecular weight excluding hydrogens is 258 g/mol. The summed E-state index contributed by atoms with van der Waals surface area (Å²) in [7, 11) is 0. The number of hydrogen-bond donors (Lipinski definition) is 1. The molecule has 0 saturated carbocycles. The highest BCUT2D eigenvalue weighted by molar-refractivity contribution is 6.30. The summed E-state index contributed by atoms with van der Waals surface area (Å²) >= 11 is 5.87. The van der Waals surface area contributed by atoms with Gasteiger partial charge in [0.1, 0.15) is 17.2 Å². The van der Waals surface area contributed by atoms with E-state index in [4.69, 9.17) is 11.6 Å². The fraction of sp³-hybridized carbons (Fsp3) is 0. The van der Waals surface area contributed by atoms with E-state index in [0.29, 0.717) is 16.4 Å². The number of H-pyrrole nitrogens is 1. The van der Waals surface area contributed by atoms with Crippen LogP contribution in [0.3, 0.4) is 0 Å². The molecular formula is C13H7ClF2N2. The van der Waals surface area contributed by atoms with Gasteiger partial charge in [-0.25, -0.2) is 13.8 Å². The lowest BCUT2D eigenvalue weighted by molar-refractivity contribution is 0.591. The number of hydrogen-bond acceptors (Lipinski definition) is 1. The molecule has 0 saturated heterocycles. The van der Waals surface area contributed by atoms with Gasteiger partial charge >= 0.3 is 0 Å². The number of aromatic amines is 1. The van der Waals surface area contributed by atoms with E-state index in [0.717, 1.165) is 11.6 Å². The van der Waals surface area contributed by atoms with Crippen LogP contribution in [0.15, 0.2) is 36.4 Å². The Kier molecular flexibility index (Phi) is 2.52. The normalized spacial score (nSPS) is 11.1. The number of nitrogens with zero attached hydrogens (tertiary/aromatic N) is 1. The highest BCUT2D eigenvalue weighted by atomic mass is 35.5. The van der Waals surface area contributed by atoms with E-state index in [1.165, 1.54) is 6.07 Å². The Morgan fingerprint density at radius 2 is 1.94 bits per heavy atom. The predicted octanol–water partition coefficient (Wildman–Crippen LogP) is 4.16. The molecule has 2 aromatic carbocycles. The summed E-state index contributed by atoms with van der Waals surface area (Å²) < 4.78 is 26.6. The highest BCUT2D eigenvalue weighted by Crippen LogP contribution is 2.24. The largest absolute Gasteiger partial charge is 0.338 e. The summed E-state index contributed by atoms with van der Waals surface area (Å²) in [6.45, 7) is 0. The van der Waals surface area contributed by atoms with Crippen molar-refractivity contribution in [2.24, 2.45) is 0 Å². The van der Waals surface area contributed by atoms with E-state index in [2.05, 4.69) is 9.97 Å². The second-order valence-corrected chi connectivity index (χ2v) is 4.32. The fourth-order valence-corrected chi connectivity index (χ4v) is 2.00. The van der Waals surface area contributed by atoms with E-state index in [-0.39, 0.29) is 5.52 Å². The SMILES string of the molecule is Fc1cc(F)c2nc(-c3cccc(Cl)c3)[nH]c2c1. The topological polar surface area (TPSA) is 28.7 Å². The average molecular weight is 265 g/mol. The molecule has 0 unspecified atom stereocenters. The predicted molar refractivity (Wildman–Crippen MR) is 66.5 cm³/mol. The number of aromatic nitrogens is 2. The molecule has 5 heteroatoms. The minimum Gasteiger partial charge on any atom is -0.338 e. The summed E-state index contributed by atoms with van der Waals surface area (Å²) in [4.78, 5) is 6.98. The Morgan fingerprint density at radius 1 is 1.11 bits per heavy atom. The molecule has 1 aromatic heterocycles. The van der Waals surface area contributed by atoms with Gasteiger partial charge in [0, 0.05) is 16.7 Å². The second-order valence-electron chi connectivity index (χ2n) is 3.88. The average Bonchev–Trinajstić information content (AvgIpc) is 2.73. The van der Waals surface area contributed by atoms with Crippen LogP contribution in [0.5, 0.6) is 0 Å². The molecule has 3 aromatic rings. The Hall–Kier alpha value is -1.94. The van der Waals surface area contributed by atoms with Crippen molar-refractivity contribution in [2.45, 2.75) is 0 Å². The zero-order chi connectivity index (χ0) is 12.7. The molecule has 1 heterocycles. The van der Waals surface area contributed by atoms with Gasteiger partial charge in [0.05, 0.1) is 5.52 Å². The van der Waals surface area contributed by atoms with Gasteiger partial charge in [0.15, 0.2) is 5.82 Å². The number of nitrogens with one attached hydrogen (secondary N) is 1. The summed E-state index contributed by atoms with van der Waals surface area (Å²) in [5, 5.41) is 0.555. The zero-order valence-electron chi connectivity index (χ0n) is 9.05. The number of fused-ring (bicyclic) bond motifs is 1. The molecule has 0 aliphatic carbocycles. The minimum absolute atomic E-state index is 0.117. The van der Waals surface area contributed by atoms with Crippen LogP contribution in [0.25, 0.3) is 22.4 Å². The smallest absolute Gasteiger partial charge is 0.153 e. The molecule has 1 N–H and O–H groups in total. The van der Waals surface area contributed by atoms with Gasteiger partial charge in [-0.3, -0.25) is 0 Å². The van der Waals surface area contributed by atoms with Gasteiger partial charge in [-0.05, 0) is 18.2 Å². The van der Waals surface area contributed by atoms with E-state index in [9.17, 15) is 8.78 Å². The molecule has 0 radical (unpaired) electrons. The Labute approximate surface area is 106 Å². The molecule has 3 rings (SSSR count). The molecule has 90 valence electrons. The molecule has 2 nitrogen and oxygen atoms in total.